The smallest absolute Gasteiger partial charge is 0.249 e. The maximum Gasteiger partial charge on any atom is 0.249 e. The molecular formula is C12H22N2O3. The number of carbonyl (C=O) groups excluding carboxylic acids is 1. The van der Waals surface area contributed by atoms with Crippen LogP contribution >= 0.6 is 0 Å². The quantitative estimate of drug-likeness (QED) is 0.715. The van der Waals surface area contributed by atoms with Gasteiger partial charge in [0, 0.05) is 20.3 Å². The Labute approximate surface area is 102 Å². The molecule has 2 unspecified atom stereocenters. The molecule has 5 heteroatoms. The largest absolute Gasteiger partial charge is 0.383 e. The lowest BCUT2D eigenvalue weighted by atomic mass is 9.98. The Morgan fingerprint density at radius 2 is 2.47 bits per heavy atom. The van der Waals surface area contributed by atoms with Gasteiger partial charge in [0.25, 0.3) is 0 Å². The molecular weight excluding hydrogens is 220 g/mol. The summed E-state index contributed by atoms with van der Waals surface area (Å²) >= 11 is 0. The minimum atomic E-state index is -0.240. The van der Waals surface area contributed by atoms with Crippen molar-refractivity contribution in [1.82, 2.24) is 10.6 Å². The lowest BCUT2D eigenvalue weighted by Gasteiger charge is -2.29. The zero-order chi connectivity index (χ0) is 12.1. The van der Waals surface area contributed by atoms with Crippen LogP contribution in [-0.2, 0) is 14.3 Å². The summed E-state index contributed by atoms with van der Waals surface area (Å²) in [5.74, 6) is 0.0201. The van der Waals surface area contributed by atoms with Gasteiger partial charge in [-0.25, -0.2) is 0 Å². The first-order valence-corrected chi connectivity index (χ1v) is 6.39. The van der Waals surface area contributed by atoms with E-state index >= 15 is 0 Å². The average Bonchev–Trinajstić information content (AvgIpc) is 2.98. The van der Waals surface area contributed by atoms with Crippen LogP contribution in [0.25, 0.3) is 0 Å². The fraction of sp³-hybridized carbons (Fsp3) is 0.917. The molecule has 2 heterocycles. The van der Waals surface area contributed by atoms with Crippen LogP contribution in [0.3, 0.4) is 0 Å². The number of amides is 1. The molecule has 0 bridgehead atoms. The summed E-state index contributed by atoms with van der Waals surface area (Å²) in [4.78, 5) is 11.8. The number of carbonyl (C=O) groups is 1. The van der Waals surface area contributed by atoms with Gasteiger partial charge in [-0.1, -0.05) is 0 Å². The average molecular weight is 242 g/mol. The number of rotatable bonds is 5. The molecule has 17 heavy (non-hydrogen) atoms. The molecule has 2 saturated heterocycles. The normalized spacial score (nSPS) is 32.9. The molecule has 2 aliphatic rings. The standard InChI is InChI=1S/C12H22N2O3/c1-16-9-12(5-3-6-14-12)8-13-11(15)10-4-2-7-17-10/h10,14H,2-9H2,1H3,(H,13,15). The van der Waals surface area contributed by atoms with Crippen molar-refractivity contribution in [3.8, 4) is 0 Å². The van der Waals surface area contributed by atoms with E-state index in [1.54, 1.807) is 7.11 Å². The molecule has 5 nitrogen and oxygen atoms in total. The van der Waals surface area contributed by atoms with Crippen molar-refractivity contribution in [3.63, 3.8) is 0 Å². The predicted molar refractivity (Wildman–Crippen MR) is 63.8 cm³/mol. The molecule has 0 spiro atoms. The predicted octanol–water partition coefficient (Wildman–Crippen LogP) is 0.0502. The molecule has 2 fully saturated rings. The maximum atomic E-state index is 11.8. The Morgan fingerprint density at radius 1 is 1.59 bits per heavy atom. The second-order valence-electron chi connectivity index (χ2n) is 4.96. The summed E-state index contributed by atoms with van der Waals surface area (Å²) in [6, 6.07) is 0. The van der Waals surface area contributed by atoms with Crippen molar-refractivity contribution in [3.05, 3.63) is 0 Å². The molecule has 98 valence electrons. The molecule has 0 aromatic rings. The van der Waals surface area contributed by atoms with Gasteiger partial charge in [0.05, 0.1) is 12.1 Å². The summed E-state index contributed by atoms with van der Waals surface area (Å²) in [6.07, 6.45) is 3.78. The van der Waals surface area contributed by atoms with Gasteiger partial charge < -0.3 is 20.1 Å². The lowest BCUT2D eigenvalue weighted by Crippen LogP contribution is -2.54. The molecule has 0 aromatic heterocycles. The van der Waals surface area contributed by atoms with Gasteiger partial charge in [0.15, 0.2) is 0 Å². The van der Waals surface area contributed by atoms with Crippen LogP contribution in [-0.4, -0.2) is 51.0 Å². The zero-order valence-corrected chi connectivity index (χ0v) is 10.5. The van der Waals surface area contributed by atoms with E-state index < -0.39 is 0 Å². The van der Waals surface area contributed by atoms with Gasteiger partial charge in [-0.2, -0.15) is 0 Å². The number of ether oxygens (including phenoxy) is 2. The number of nitrogens with one attached hydrogen (secondary N) is 2. The Bertz CT molecular complexity index is 258. The van der Waals surface area contributed by atoms with Crippen LogP contribution < -0.4 is 10.6 Å². The van der Waals surface area contributed by atoms with Crippen molar-refractivity contribution in [2.24, 2.45) is 0 Å². The summed E-state index contributed by atoms with van der Waals surface area (Å²) in [6.45, 7) is 2.97. The number of hydrogen-bond donors (Lipinski definition) is 2. The van der Waals surface area contributed by atoms with E-state index in [2.05, 4.69) is 10.6 Å². The summed E-state index contributed by atoms with van der Waals surface area (Å²) in [5, 5.41) is 6.42. The highest BCUT2D eigenvalue weighted by Gasteiger charge is 2.34. The minimum Gasteiger partial charge on any atom is -0.383 e. The molecule has 2 N–H and O–H groups in total. The van der Waals surface area contributed by atoms with Crippen molar-refractivity contribution < 1.29 is 14.3 Å². The molecule has 0 aliphatic carbocycles. The topological polar surface area (TPSA) is 59.6 Å². The zero-order valence-electron chi connectivity index (χ0n) is 10.5. The second-order valence-corrected chi connectivity index (χ2v) is 4.96. The van der Waals surface area contributed by atoms with Gasteiger partial charge in [-0.3, -0.25) is 4.79 Å². The fourth-order valence-corrected chi connectivity index (χ4v) is 2.62. The Balaban J connectivity index is 1.80. The van der Waals surface area contributed by atoms with Gasteiger partial charge in [0.2, 0.25) is 5.91 Å². The van der Waals surface area contributed by atoms with Gasteiger partial charge in [0.1, 0.15) is 6.10 Å². The van der Waals surface area contributed by atoms with E-state index in [0.29, 0.717) is 19.8 Å². The van der Waals surface area contributed by atoms with Crippen LogP contribution in [0.2, 0.25) is 0 Å². The first-order chi connectivity index (χ1) is 8.26. The van der Waals surface area contributed by atoms with Crippen molar-refractivity contribution in [2.45, 2.75) is 37.3 Å². The van der Waals surface area contributed by atoms with Crippen LogP contribution in [0, 0.1) is 0 Å². The van der Waals surface area contributed by atoms with Gasteiger partial charge in [-0.15, -0.1) is 0 Å². The van der Waals surface area contributed by atoms with E-state index in [9.17, 15) is 4.79 Å². The fourth-order valence-electron chi connectivity index (χ4n) is 2.62. The first kappa shape index (κ1) is 12.8. The molecule has 2 atom stereocenters. The van der Waals surface area contributed by atoms with E-state index in [0.717, 1.165) is 32.2 Å². The van der Waals surface area contributed by atoms with Crippen molar-refractivity contribution >= 4 is 5.91 Å². The summed E-state index contributed by atoms with van der Waals surface area (Å²) in [5.41, 5.74) is -0.0803. The first-order valence-electron chi connectivity index (χ1n) is 6.39. The Morgan fingerprint density at radius 3 is 3.06 bits per heavy atom. The SMILES string of the molecule is COCC1(CNC(=O)C2CCCO2)CCCN1. The second kappa shape index (κ2) is 5.80. The van der Waals surface area contributed by atoms with Crippen molar-refractivity contribution in [2.75, 3.05) is 33.4 Å². The third kappa shape index (κ3) is 3.18. The van der Waals surface area contributed by atoms with E-state index in [-0.39, 0.29) is 17.6 Å². The van der Waals surface area contributed by atoms with Crippen LogP contribution in [0.4, 0.5) is 0 Å². The van der Waals surface area contributed by atoms with Crippen molar-refractivity contribution in [1.29, 1.82) is 0 Å². The molecule has 2 rings (SSSR count). The Kier molecular flexibility index (Phi) is 4.36. The molecule has 1 amide bonds. The highest BCUT2D eigenvalue weighted by atomic mass is 16.5. The van der Waals surface area contributed by atoms with Crippen LogP contribution in [0.15, 0.2) is 0 Å². The van der Waals surface area contributed by atoms with Gasteiger partial charge in [-0.05, 0) is 32.2 Å². The number of hydrogen-bond acceptors (Lipinski definition) is 4. The number of methoxy groups -OCH3 is 1. The maximum absolute atomic E-state index is 11.8. The Hall–Kier alpha value is -0.650. The van der Waals surface area contributed by atoms with Gasteiger partial charge >= 0.3 is 0 Å². The van der Waals surface area contributed by atoms with Crippen LogP contribution in [0.1, 0.15) is 25.7 Å². The molecule has 0 saturated carbocycles. The summed E-state index contributed by atoms with van der Waals surface area (Å²) < 4.78 is 10.6. The summed E-state index contributed by atoms with van der Waals surface area (Å²) in [7, 11) is 1.70. The third-order valence-electron chi connectivity index (χ3n) is 3.58. The highest BCUT2D eigenvalue weighted by Crippen LogP contribution is 2.19. The monoisotopic (exact) mass is 242 g/mol. The minimum absolute atomic E-state index is 0.0201. The molecule has 2 aliphatic heterocycles. The molecule has 0 aromatic carbocycles. The van der Waals surface area contributed by atoms with E-state index in [4.69, 9.17) is 9.47 Å². The third-order valence-corrected chi connectivity index (χ3v) is 3.58. The lowest BCUT2D eigenvalue weighted by molar-refractivity contribution is -0.130. The highest BCUT2D eigenvalue weighted by molar-refractivity contribution is 5.81. The van der Waals surface area contributed by atoms with E-state index in [1.807, 2.05) is 0 Å². The molecule has 0 radical (unpaired) electrons. The van der Waals surface area contributed by atoms with Crippen LogP contribution in [0.5, 0.6) is 0 Å². The van der Waals surface area contributed by atoms with E-state index in [1.165, 1.54) is 0 Å².